The Morgan fingerprint density at radius 3 is 2.65 bits per heavy atom. The number of carbonyl (C=O) groups excluding carboxylic acids is 1. The Bertz CT molecular complexity index is 429. The Morgan fingerprint density at radius 2 is 2.00 bits per heavy atom. The maximum atomic E-state index is 11.9. The number of benzene rings is 1. The lowest BCUT2D eigenvalue weighted by Gasteiger charge is -2.26. The molecule has 1 aromatic rings. The van der Waals surface area contributed by atoms with Crippen molar-refractivity contribution in [2.75, 3.05) is 19.8 Å². The van der Waals surface area contributed by atoms with Crippen molar-refractivity contribution in [1.29, 1.82) is 0 Å². The van der Waals surface area contributed by atoms with Gasteiger partial charge in [-0.2, -0.15) is 0 Å². The molecule has 110 valence electrons. The second-order valence-electron chi connectivity index (χ2n) is 5.07. The van der Waals surface area contributed by atoms with Gasteiger partial charge in [0.05, 0.1) is 6.10 Å². The van der Waals surface area contributed by atoms with Gasteiger partial charge in [-0.25, -0.2) is 0 Å². The first-order valence-corrected chi connectivity index (χ1v) is 7.34. The number of amides is 1. The molecule has 1 fully saturated rings. The van der Waals surface area contributed by atoms with Crippen molar-refractivity contribution in [3.8, 4) is 0 Å². The molecule has 0 spiro atoms. The zero-order chi connectivity index (χ0) is 14.4. The minimum absolute atomic E-state index is 0.138. The maximum Gasteiger partial charge on any atom is 0.251 e. The van der Waals surface area contributed by atoms with E-state index in [1.807, 2.05) is 0 Å². The Kier molecular flexibility index (Phi) is 5.83. The lowest BCUT2D eigenvalue weighted by atomic mass is 9.92. The highest BCUT2D eigenvalue weighted by Gasteiger charge is 2.21. The van der Waals surface area contributed by atoms with Crippen LogP contribution in [0.25, 0.3) is 0 Å². The van der Waals surface area contributed by atoms with E-state index in [0.717, 1.165) is 26.1 Å². The highest BCUT2D eigenvalue weighted by Crippen LogP contribution is 2.20. The fraction of sp³-hybridized carbons (Fsp3) is 0.533. The number of ether oxygens (including phenoxy) is 1. The van der Waals surface area contributed by atoms with Crippen molar-refractivity contribution in [1.82, 2.24) is 5.32 Å². The summed E-state index contributed by atoms with van der Waals surface area (Å²) < 4.78 is 5.27. The van der Waals surface area contributed by atoms with Crippen molar-refractivity contribution < 1.29 is 14.6 Å². The third kappa shape index (κ3) is 4.47. The number of rotatable bonds is 5. The van der Waals surface area contributed by atoms with Gasteiger partial charge in [0.1, 0.15) is 0 Å². The second kappa shape index (κ2) is 7.62. The summed E-state index contributed by atoms with van der Waals surface area (Å²) in [6.45, 7) is 1.91. The van der Waals surface area contributed by atoms with E-state index in [-0.39, 0.29) is 17.9 Å². The number of carbonyl (C=O) groups is 1. The molecule has 4 nitrogen and oxygen atoms in total. The summed E-state index contributed by atoms with van der Waals surface area (Å²) in [7, 11) is 0. The summed E-state index contributed by atoms with van der Waals surface area (Å²) in [6, 6.07) is 6.75. The van der Waals surface area contributed by atoms with Crippen LogP contribution in [0.3, 0.4) is 0 Å². The van der Waals surface area contributed by atoms with Crippen molar-refractivity contribution >= 4 is 17.5 Å². The van der Waals surface area contributed by atoms with Gasteiger partial charge < -0.3 is 15.2 Å². The van der Waals surface area contributed by atoms with Crippen LogP contribution in [-0.4, -0.2) is 36.9 Å². The van der Waals surface area contributed by atoms with Gasteiger partial charge in [-0.1, -0.05) is 11.6 Å². The van der Waals surface area contributed by atoms with Gasteiger partial charge in [-0.3, -0.25) is 4.79 Å². The summed E-state index contributed by atoms with van der Waals surface area (Å²) in [5.74, 6) is 0.150. The molecule has 2 rings (SSSR count). The molecule has 5 heteroatoms. The number of nitrogens with one attached hydrogen (secondary N) is 1. The van der Waals surface area contributed by atoms with Crippen LogP contribution in [0.5, 0.6) is 0 Å². The fourth-order valence-corrected chi connectivity index (χ4v) is 2.50. The third-order valence-corrected chi connectivity index (χ3v) is 3.89. The van der Waals surface area contributed by atoms with E-state index in [1.54, 1.807) is 24.3 Å². The highest BCUT2D eigenvalue weighted by molar-refractivity contribution is 6.30. The van der Waals surface area contributed by atoms with Crippen LogP contribution in [0.2, 0.25) is 5.02 Å². The lowest BCUT2D eigenvalue weighted by molar-refractivity contribution is 0.00528. The maximum absolute atomic E-state index is 11.9. The summed E-state index contributed by atoms with van der Waals surface area (Å²) in [5, 5.41) is 13.5. The number of aliphatic hydroxyl groups is 1. The van der Waals surface area contributed by atoms with Gasteiger partial charge in [0.2, 0.25) is 0 Å². The fourth-order valence-electron chi connectivity index (χ4n) is 2.37. The zero-order valence-electron chi connectivity index (χ0n) is 11.3. The molecule has 0 aliphatic carbocycles. The first-order valence-electron chi connectivity index (χ1n) is 6.96. The van der Waals surface area contributed by atoms with Crippen LogP contribution in [0.15, 0.2) is 24.3 Å². The van der Waals surface area contributed by atoms with Gasteiger partial charge in [-0.15, -0.1) is 0 Å². The molecule has 1 aliphatic heterocycles. The Labute approximate surface area is 124 Å². The molecule has 2 N–H and O–H groups in total. The monoisotopic (exact) mass is 297 g/mol. The molecule has 0 aromatic heterocycles. The van der Waals surface area contributed by atoms with Crippen molar-refractivity contribution in [2.24, 2.45) is 5.92 Å². The zero-order valence-corrected chi connectivity index (χ0v) is 12.1. The molecule has 1 aromatic carbocycles. The number of hydrogen-bond donors (Lipinski definition) is 2. The summed E-state index contributed by atoms with van der Waals surface area (Å²) in [4.78, 5) is 11.9. The molecule has 0 saturated carbocycles. The Balaban J connectivity index is 1.72. The van der Waals surface area contributed by atoms with E-state index >= 15 is 0 Å². The standard InChI is InChI=1S/C15H20ClNO3/c16-13-3-1-12(2-4-13)15(19)17-8-5-14(18)11-6-9-20-10-7-11/h1-4,11,14,18H,5-10H2,(H,17,19). The van der Waals surface area contributed by atoms with Crippen LogP contribution in [0.4, 0.5) is 0 Å². The molecule has 1 amide bonds. The smallest absolute Gasteiger partial charge is 0.251 e. The average molecular weight is 298 g/mol. The van der Waals surface area contributed by atoms with Crippen molar-refractivity contribution in [3.63, 3.8) is 0 Å². The predicted molar refractivity (Wildman–Crippen MR) is 78.0 cm³/mol. The minimum Gasteiger partial charge on any atom is -0.393 e. The van der Waals surface area contributed by atoms with E-state index in [2.05, 4.69) is 5.32 Å². The topological polar surface area (TPSA) is 58.6 Å². The van der Waals surface area contributed by atoms with Gasteiger partial charge in [-0.05, 0) is 49.4 Å². The molecule has 1 saturated heterocycles. The van der Waals surface area contributed by atoms with Crippen LogP contribution in [0.1, 0.15) is 29.6 Å². The Morgan fingerprint density at radius 1 is 1.35 bits per heavy atom. The number of hydrogen-bond acceptors (Lipinski definition) is 3. The van der Waals surface area contributed by atoms with Crippen LogP contribution in [0, 0.1) is 5.92 Å². The molecule has 20 heavy (non-hydrogen) atoms. The summed E-state index contributed by atoms with van der Waals surface area (Å²) in [5.41, 5.74) is 0.579. The van der Waals surface area contributed by atoms with E-state index in [9.17, 15) is 9.90 Å². The van der Waals surface area contributed by atoms with E-state index < -0.39 is 0 Å². The third-order valence-electron chi connectivity index (χ3n) is 3.64. The average Bonchev–Trinajstić information content (AvgIpc) is 2.48. The second-order valence-corrected chi connectivity index (χ2v) is 5.51. The number of halogens is 1. The van der Waals surface area contributed by atoms with E-state index in [0.29, 0.717) is 23.6 Å². The summed E-state index contributed by atoms with van der Waals surface area (Å²) >= 11 is 5.77. The molecular formula is C15H20ClNO3. The van der Waals surface area contributed by atoms with Gasteiger partial charge in [0.25, 0.3) is 5.91 Å². The molecule has 0 bridgehead atoms. The lowest BCUT2D eigenvalue weighted by Crippen LogP contribution is -2.32. The van der Waals surface area contributed by atoms with Gasteiger partial charge in [0, 0.05) is 30.3 Å². The van der Waals surface area contributed by atoms with Crippen LogP contribution in [-0.2, 0) is 4.74 Å². The molecule has 1 unspecified atom stereocenters. The minimum atomic E-state index is -0.371. The number of aliphatic hydroxyl groups excluding tert-OH is 1. The largest absolute Gasteiger partial charge is 0.393 e. The van der Waals surface area contributed by atoms with Crippen molar-refractivity contribution in [3.05, 3.63) is 34.9 Å². The van der Waals surface area contributed by atoms with Gasteiger partial charge >= 0.3 is 0 Å². The molecule has 1 aliphatic rings. The van der Waals surface area contributed by atoms with E-state index in [4.69, 9.17) is 16.3 Å². The van der Waals surface area contributed by atoms with E-state index in [1.165, 1.54) is 0 Å². The van der Waals surface area contributed by atoms with Gasteiger partial charge in [0.15, 0.2) is 0 Å². The van der Waals surface area contributed by atoms with Crippen molar-refractivity contribution in [2.45, 2.75) is 25.4 Å². The first-order chi connectivity index (χ1) is 9.66. The highest BCUT2D eigenvalue weighted by atomic mass is 35.5. The Hall–Kier alpha value is -1.10. The molecule has 1 heterocycles. The van der Waals surface area contributed by atoms with Crippen LogP contribution < -0.4 is 5.32 Å². The molecule has 0 radical (unpaired) electrons. The quantitative estimate of drug-likeness (QED) is 0.876. The summed E-state index contributed by atoms with van der Waals surface area (Å²) in [6.07, 6.45) is 1.99. The normalized spacial score (nSPS) is 17.7. The SMILES string of the molecule is O=C(NCCC(O)C1CCOCC1)c1ccc(Cl)cc1. The van der Waals surface area contributed by atoms with Crippen LogP contribution >= 0.6 is 11.6 Å². The first kappa shape index (κ1) is 15.3. The molecular weight excluding hydrogens is 278 g/mol. The molecule has 1 atom stereocenters. The predicted octanol–water partition coefficient (Wildman–Crippen LogP) is 2.25.